The van der Waals surface area contributed by atoms with Crippen LogP contribution in [0.3, 0.4) is 0 Å². The minimum atomic E-state index is -3.64. The Kier molecular flexibility index (Phi) is 4.58. The predicted molar refractivity (Wildman–Crippen MR) is 86.0 cm³/mol. The van der Waals surface area contributed by atoms with Gasteiger partial charge in [0.2, 0.25) is 10.0 Å². The Bertz CT molecular complexity index is 854. The van der Waals surface area contributed by atoms with Crippen LogP contribution in [-0.2, 0) is 10.0 Å². The summed E-state index contributed by atoms with van der Waals surface area (Å²) < 4.78 is 30.7. The number of nitrogens with one attached hydrogen (secondary N) is 1. The van der Waals surface area contributed by atoms with E-state index in [-0.39, 0.29) is 10.5 Å². The molecule has 0 aliphatic rings. The second kappa shape index (κ2) is 6.13. The van der Waals surface area contributed by atoms with E-state index in [1.165, 1.54) is 26.4 Å². The number of carbonyl (C=O) groups is 1. The van der Waals surface area contributed by atoms with Crippen molar-refractivity contribution in [1.29, 1.82) is 0 Å². The summed E-state index contributed by atoms with van der Waals surface area (Å²) >= 11 is 0. The second-order valence-corrected chi connectivity index (χ2v) is 7.62. The van der Waals surface area contributed by atoms with Crippen molar-refractivity contribution in [2.75, 3.05) is 19.4 Å². The van der Waals surface area contributed by atoms with Crippen LogP contribution in [0.1, 0.15) is 27.0 Å². The van der Waals surface area contributed by atoms with Gasteiger partial charge in [-0.25, -0.2) is 12.7 Å². The molecule has 2 rings (SSSR count). The number of amides is 1. The maximum atomic E-state index is 12.4. The molecule has 1 aromatic heterocycles. The van der Waals surface area contributed by atoms with E-state index in [0.717, 1.165) is 9.87 Å². The lowest BCUT2D eigenvalue weighted by atomic mass is 10.1. The lowest BCUT2D eigenvalue weighted by molar-refractivity contribution is 0.102. The predicted octanol–water partition coefficient (Wildman–Crippen LogP) is 2.10. The van der Waals surface area contributed by atoms with E-state index in [9.17, 15) is 13.2 Å². The SMILES string of the molecule is Cc1conc1NC(=O)c1cc(C)c(C)c(S(=O)(=O)N(C)C)c1. The molecule has 1 heterocycles. The maximum absolute atomic E-state index is 12.4. The fourth-order valence-corrected chi connectivity index (χ4v) is 3.23. The van der Waals surface area contributed by atoms with Crippen molar-refractivity contribution in [1.82, 2.24) is 9.46 Å². The highest BCUT2D eigenvalue weighted by atomic mass is 32.2. The first-order valence-corrected chi connectivity index (χ1v) is 8.34. The quantitative estimate of drug-likeness (QED) is 0.922. The van der Waals surface area contributed by atoms with Crippen molar-refractivity contribution in [3.05, 3.63) is 40.6 Å². The molecule has 0 atom stereocenters. The average Bonchev–Trinajstić information content (AvgIpc) is 2.86. The van der Waals surface area contributed by atoms with Crippen molar-refractivity contribution in [2.24, 2.45) is 0 Å². The van der Waals surface area contributed by atoms with Gasteiger partial charge in [0.05, 0.1) is 4.90 Å². The van der Waals surface area contributed by atoms with Gasteiger partial charge in [-0.05, 0) is 44.0 Å². The summed E-state index contributed by atoms with van der Waals surface area (Å²) in [4.78, 5) is 12.5. The number of hydrogen-bond acceptors (Lipinski definition) is 5. The summed E-state index contributed by atoms with van der Waals surface area (Å²) in [6.07, 6.45) is 1.41. The lowest BCUT2D eigenvalue weighted by Crippen LogP contribution is -2.24. The topological polar surface area (TPSA) is 92.5 Å². The molecule has 8 heteroatoms. The highest BCUT2D eigenvalue weighted by Gasteiger charge is 2.23. The third kappa shape index (κ3) is 3.27. The summed E-state index contributed by atoms with van der Waals surface area (Å²) in [6, 6.07) is 3.02. The number of anilines is 1. The van der Waals surface area contributed by atoms with E-state index in [1.807, 2.05) is 0 Å². The molecule has 0 aliphatic carbocycles. The number of hydrogen-bond donors (Lipinski definition) is 1. The van der Waals surface area contributed by atoms with Gasteiger partial charge in [0.15, 0.2) is 5.82 Å². The molecule has 124 valence electrons. The average molecular weight is 337 g/mol. The molecule has 1 aromatic carbocycles. The Labute approximate surface area is 135 Å². The molecule has 1 amide bonds. The van der Waals surface area contributed by atoms with Crippen molar-refractivity contribution in [3.63, 3.8) is 0 Å². The normalized spacial score (nSPS) is 11.7. The van der Waals surface area contributed by atoms with E-state index in [0.29, 0.717) is 16.9 Å². The zero-order valence-corrected chi connectivity index (χ0v) is 14.5. The molecule has 7 nitrogen and oxygen atoms in total. The number of sulfonamides is 1. The zero-order chi connectivity index (χ0) is 17.4. The molecular formula is C15H19N3O4S. The van der Waals surface area contributed by atoms with Gasteiger partial charge in [0, 0.05) is 25.2 Å². The van der Waals surface area contributed by atoms with Crippen LogP contribution in [0.4, 0.5) is 5.82 Å². The second-order valence-electron chi connectivity index (χ2n) is 5.50. The van der Waals surface area contributed by atoms with E-state index in [4.69, 9.17) is 4.52 Å². The lowest BCUT2D eigenvalue weighted by Gasteiger charge is -2.16. The number of aromatic nitrogens is 1. The summed E-state index contributed by atoms with van der Waals surface area (Å²) in [5.74, 6) is -0.134. The summed E-state index contributed by atoms with van der Waals surface area (Å²) in [6.45, 7) is 5.23. The van der Waals surface area contributed by atoms with E-state index in [2.05, 4.69) is 10.5 Å². The summed E-state index contributed by atoms with van der Waals surface area (Å²) in [7, 11) is -0.729. The molecule has 0 fully saturated rings. The van der Waals surface area contributed by atoms with Crippen LogP contribution in [0.2, 0.25) is 0 Å². The first-order chi connectivity index (χ1) is 10.6. The molecule has 23 heavy (non-hydrogen) atoms. The van der Waals surface area contributed by atoms with Gasteiger partial charge in [0.1, 0.15) is 6.26 Å². The highest BCUT2D eigenvalue weighted by Crippen LogP contribution is 2.24. The molecular weight excluding hydrogens is 318 g/mol. The van der Waals surface area contributed by atoms with E-state index < -0.39 is 15.9 Å². The number of aryl methyl sites for hydroxylation is 2. The minimum Gasteiger partial charge on any atom is -0.362 e. The molecule has 0 bridgehead atoms. The molecule has 0 radical (unpaired) electrons. The van der Waals surface area contributed by atoms with Gasteiger partial charge in [0.25, 0.3) is 5.91 Å². The molecule has 0 saturated heterocycles. The van der Waals surface area contributed by atoms with Gasteiger partial charge in [-0.1, -0.05) is 5.16 Å². The van der Waals surface area contributed by atoms with Gasteiger partial charge >= 0.3 is 0 Å². The number of rotatable bonds is 4. The van der Waals surface area contributed by atoms with Crippen LogP contribution in [0, 0.1) is 20.8 Å². The van der Waals surface area contributed by atoms with Crippen LogP contribution in [0.5, 0.6) is 0 Å². The molecule has 2 aromatic rings. The third-order valence-electron chi connectivity index (χ3n) is 3.62. The fraction of sp³-hybridized carbons (Fsp3) is 0.333. The fourth-order valence-electron chi connectivity index (χ4n) is 2.01. The minimum absolute atomic E-state index is 0.115. The number of nitrogens with zero attached hydrogens (tertiary/aromatic N) is 2. The highest BCUT2D eigenvalue weighted by molar-refractivity contribution is 7.89. The number of benzene rings is 1. The van der Waals surface area contributed by atoms with Crippen LogP contribution >= 0.6 is 0 Å². The van der Waals surface area contributed by atoms with Crippen molar-refractivity contribution in [2.45, 2.75) is 25.7 Å². The van der Waals surface area contributed by atoms with Crippen LogP contribution in [0.15, 0.2) is 27.8 Å². The molecule has 0 saturated carbocycles. The summed E-state index contributed by atoms with van der Waals surface area (Å²) in [5.41, 5.74) is 2.27. The third-order valence-corrected chi connectivity index (χ3v) is 5.56. The Morgan fingerprint density at radius 2 is 1.83 bits per heavy atom. The summed E-state index contributed by atoms with van der Waals surface area (Å²) in [5, 5.41) is 6.30. The molecule has 1 N–H and O–H groups in total. The van der Waals surface area contributed by atoms with Gasteiger partial charge in [-0.3, -0.25) is 4.79 Å². The smallest absolute Gasteiger partial charge is 0.256 e. The van der Waals surface area contributed by atoms with Gasteiger partial charge < -0.3 is 9.84 Å². The van der Waals surface area contributed by atoms with Gasteiger partial charge in [-0.15, -0.1) is 0 Å². The molecule has 0 aliphatic heterocycles. The van der Waals surface area contributed by atoms with Crippen LogP contribution < -0.4 is 5.32 Å². The Balaban J connectivity index is 2.47. The number of carbonyl (C=O) groups excluding carboxylic acids is 1. The Morgan fingerprint density at radius 1 is 1.17 bits per heavy atom. The maximum Gasteiger partial charge on any atom is 0.256 e. The Hall–Kier alpha value is -2.19. The molecule has 0 unspecified atom stereocenters. The van der Waals surface area contributed by atoms with Crippen molar-refractivity contribution >= 4 is 21.7 Å². The van der Waals surface area contributed by atoms with E-state index in [1.54, 1.807) is 26.8 Å². The first-order valence-electron chi connectivity index (χ1n) is 6.90. The first kappa shape index (κ1) is 17.2. The van der Waals surface area contributed by atoms with Crippen molar-refractivity contribution < 1.29 is 17.7 Å². The van der Waals surface area contributed by atoms with Crippen LogP contribution in [-0.4, -0.2) is 37.9 Å². The van der Waals surface area contributed by atoms with Crippen molar-refractivity contribution in [3.8, 4) is 0 Å². The zero-order valence-electron chi connectivity index (χ0n) is 13.7. The van der Waals surface area contributed by atoms with E-state index >= 15 is 0 Å². The largest absolute Gasteiger partial charge is 0.362 e. The van der Waals surface area contributed by atoms with Gasteiger partial charge in [-0.2, -0.15) is 0 Å². The monoisotopic (exact) mass is 337 g/mol. The molecule has 0 spiro atoms. The standard InChI is InChI=1S/C15H19N3O4S/c1-9-6-12(15(19)16-14-10(2)8-22-17-14)7-13(11(9)3)23(20,21)18(4)5/h6-8H,1-5H3,(H,16,17,19). The van der Waals surface area contributed by atoms with Crippen LogP contribution in [0.25, 0.3) is 0 Å². The Morgan fingerprint density at radius 3 is 2.35 bits per heavy atom.